The first-order valence-corrected chi connectivity index (χ1v) is 11.9. The van der Waals surface area contributed by atoms with Gasteiger partial charge in [0.25, 0.3) is 5.91 Å². The number of aromatic nitrogens is 3. The van der Waals surface area contributed by atoms with Gasteiger partial charge in [-0.2, -0.15) is 5.10 Å². The second-order valence-electron chi connectivity index (χ2n) is 8.78. The van der Waals surface area contributed by atoms with Crippen molar-refractivity contribution in [2.45, 2.75) is 25.4 Å². The van der Waals surface area contributed by atoms with Crippen molar-refractivity contribution in [1.82, 2.24) is 14.8 Å². The highest BCUT2D eigenvalue weighted by Gasteiger charge is 2.34. The lowest BCUT2D eigenvalue weighted by Crippen LogP contribution is -2.42. The van der Waals surface area contributed by atoms with Crippen LogP contribution in [0.2, 0.25) is 5.02 Å². The summed E-state index contributed by atoms with van der Waals surface area (Å²) in [6.07, 6.45) is 4.48. The van der Waals surface area contributed by atoms with Gasteiger partial charge in [0.2, 0.25) is 0 Å². The van der Waals surface area contributed by atoms with E-state index in [1.807, 2.05) is 61.5 Å². The molecule has 8 heteroatoms. The van der Waals surface area contributed by atoms with Crippen LogP contribution < -0.4 is 10.2 Å². The van der Waals surface area contributed by atoms with Crippen molar-refractivity contribution < 1.29 is 9.90 Å². The highest BCUT2D eigenvalue weighted by atomic mass is 35.5. The maximum Gasteiger partial charge on any atom is 0.259 e. The van der Waals surface area contributed by atoms with Crippen LogP contribution in [-0.2, 0) is 5.60 Å². The van der Waals surface area contributed by atoms with Crippen molar-refractivity contribution in [3.63, 3.8) is 0 Å². The molecule has 0 unspecified atom stereocenters. The zero-order valence-electron chi connectivity index (χ0n) is 19.4. The first-order chi connectivity index (χ1) is 16.9. The van der Waals surface area contributed by atoms with E-state index in [0.717, 1.165) is 22.8 Å². The summed E-state index contributed by atoms with van der Waals surface area (Å²) in [5.41, 5.74) is 2.81. The number of nitrogens with zero attached hydrogens (tertiary/aromatic N) is 4. The third-order valence-corrected chi connectivity index (χ3v) is 6.81. The standard InChI is InChI=1S/C27H26ClN5O2/c1-19-24(18-30-33(19)23-10-7-21(28)8-11-23)26(34)31-22-9-12-25(29-17-22)32-15-13-27(35,14-16-32)20-5-3-2-4-6-20/h2-12,17-18,35H,13-16H2,1H3,(H,31,34). The Hall–Kier alpha value is -3.68. The molecule has 3 heterocycles. The van der Waals surface area contributed by atoms with Gasteiger partial charge in [-0.05, 0) is 61.7 Å². The zero-order valence-corrected chi connectivity index (χ0v) is 20.1. The summed E-state index contributed by atoms with van der Waals surface area (Å²) in [5.74, 6) is 0.577. The van der Waals surface area contributed by atoms with Crippen LogP contribution in [0.25, 0.3) is 5.69 Å². The quantitative estimate of drug-likeness (QED) is 0.415. The minimum Gasteiger partial charge on any atom is -0.385 e. The van der Waals surface area contributed by atoms with E-state index in [2.05, 4.69) is 20.3 Å². The summed E-state index contributed by atoms with van der Waals surface area (Å²) in [4.78, 5) is 19.6. The van der Waals surface area contributed by atoms with Crippen molar-refractivity contribution >= 4 is 29.0 Å². The lowest BCUT2D eigenvalue weighted by molar-refractivity contribution is 0.0116. The summed E-state index contributed by atoms with van der Waals surface area (Å²) in [6.45, 7) is 3.26. The van der Waals surface area contributed by atoms with Gasteiger partial charge in [0.15, 0.2) is 0 Å². The zero-order chi connectivity index (χ0) is 24.4. The lowest BCUT2D eigenvalue weighted by atomic mass is 9.84. The smallest absolute Gasteiger partial charge is 0.259 e. The number of benzene rings is 2. The van der Waals surface area contributed by atoms with E-state index >= 15 is 0 Å². The molecule has 5 rings (SSSR count). The Morgan fingerprint density at radius 2 is 1.71 bits per heavy atom. The highest BCUT2D eigenvalue weighted by Crippen LogP contribution is 2.34. The summed E-state index contributed by atoms with van der Waals surface area (Å²) in [7, 11) is 0. The molecule has 35 heavy (non-hydrogen) atoms. The number of carbonyl (C=O) groups excluding carboxylic acids is 1. The van der Waals surface area contributed by atoms with Crippen LogP contribution in [0.1, 0.15) is 34.5 Å². The van der Waals surface area contributed by atoms with Gasteiger partial charge < -0.3 is 15.3 Å². The number of halogens is 1. The number of hydrogen-bond acceptors (Lipinski definition) is 5. The number of pyridine rings is 1. The van der Waals surface area contributed by atoms with E-state index in [1.54, 1.807) is 29.2 Å². The molecule has 0 bridgehead atoms. The molecule has 4 aromatic rings. The third-order valence-electron chi connectivity index (χ3n) is 6.56. The molecule has 2 aromatic heterocycles. The Morgan fingerprint density at radius 3 is 2.37 bits per heavy atom. The molecule has 2 aromatic carbocycles. The van der Waals surface area contributed by atoms with Crippen molar-refractivity contribution in [1.29, 1.82) is 0 Å². The summed E-state index contributed by atoms with van der Waals surface area (Å²) >= 11 is 5.97. The van der Waals surface area contributed by atoms with Crippen LogP contribution in [0.15, 0.2) is 79.1 Å². The summed E-state index contributed by atoms with van der Waals surface area (Å²) in [6, 6.07) is 20.9. The number of amides is 1. The summed E-state index contributed by atoms with van der Waals surface area (Å²) < 4.78 is 1.71. The van der Waals surface area contributed by atoms with E-state index in [4.69, 9.17) is 11.6 Å². The Bertz CT molecular complexity index is 1310. The van der Waals surface area contributed by atoms with E-state index in [-0.39, 0.29) is 5.91 Å². The highest BCUT2D eigenvalue weighted by molar-refractivity contribution is 6.30. The Morgan fingerprint density at radius 1 is 1.00 bits per heavy atom. The lowest BCUT2D eigenvalue weighted by Gasteiger charge is -2.39. The molecule has 7 nitrogen and oxygen atoms in total. The number of nitrogens with one attached hydrogen (secondary N) is 1. The number of rotatable bonds is 5. The van der Waals surface area contributed by atoms with Gasteiger partial charge in [-0.3, -0.25) is 4.79 Å². The van der Waals surface area contributed by atoms with Crippen LogP contribution in [0, 0.1) is 6.92 Å². The second-order valence-corrected chi connectivity index (χ2v) is 9.21. The minimum atomic E-state index is -0.806. The first kappa shape index (κ1) is 23.1. The topological polar surface area (TPSA) is 83.3 Å². The van der Waals surface area contributed by atoms with Gasteiger partial charge in [-0.25, -0.2) is 9.67 Å². The molecular weight excluding hydrogens is 462 g/mol. The first-order valence-electron chi connectivity index (χ1n) is 11.5. The normalized spacial score (nSPS) is 15.1. The predicted molar refractivity (Wildman–Crippen MR) is 137 cm³/mol. The second kappa shape index (κ2) is 9.52. The van der Waals surface area contributed by atoms with Gasteiger partial charge >= 0.3 is 0 Å². The molecule has 0 saturated carbocycles. The van der Waals surface area contributed by atoms with E-state index in [9.17, 15) is 9.90 Å². The molecular formula is C27H26ClN5O2. The van der Waals surface area contributed by atoms with Crippen molar-refractivity contribution in [3.8, 4) is 5.69 Å². The van der Waals surface area contributed by atoms with Gasteiger partial charge in [-0.15, -0.1) is 0 Å². The summed E-state index contributed by atoms with van der Waals surface area (Å²) in [5, 5.41) is 19.0. The largest absolute Gasteiger partial charge is 0.385 e. The SMILES string of the molecule is Cc1c(C(=O)Nc2ccc(N3CCC(O)(c4ccccc4)CC3)nc2)cnn1-c1ccc(Cl)cc1. The fraction of sp³-hybridized carbons (Fsp3) is 0.222. The third kappa shape index (κ3) is 4.78. The number of carbonyl (C=O) groups is 1. The molecule has 1 saturated heterocycles. The molecule has 1 amide bonds. The fourth-order valence-corrected chi connectivity index (χ4v) is 4.59. The van der Waals surface area contributed by atoms with Gasteiger partial charge in [0.05, 0.1) is 40.6 Å². The molecule has 2 N–H and O–H groups in total. The maximum atomic E-state index is 12.9. The number of piperidine rings is 1. The molecule has 0 atom stereocenters. The van der Waals surface area contributed by atoms with Crippen LogP contribution in [-0.4, -0.2) is 38.9 Å². The van der Waals surface area contributed by atoms with Gasteiger partial charge in [0.1, 0.15) is 5.82 Å². The molecule has 1 fully saturated rings. The van der Waals surface area contributed by atoms with Crippen LogP contribution >= 0.6 is 11.6 Å². The molecule has 0 spiro atoms. The van der Waals surface area contributed by atoms with Crippen LogP contribution in [0.3, 0.4) is 0 Å². The van der Waals surface area contributed by atoms with Gasteiger partial charge in [0, 0.05) is 18.1 Å². The van der Waals surface area contributed by atoms with Crippen molar-refractivity contribution in [2.75, 3.05) is 23.3 Å². The Kier molecular flexibility index (Phi) is 6.28. The van der Waals surface area contributed by atoms with E-state index < -0.39 is 5.60 Å². The molecule has 178 valence electrons. The Labute approximate surface area is 209 Å². The van der Waals surface area contributed by atoms with Crippen LogP contribution in [0.4, 0.5) is 11.5 Å². The van der Waals surface area contributed by atoms with Gasteiger partial charge in [-0.1, -0.05) is 41.9 Å². The minimum absolute atomic E-state index is 0.247. The number of aliphatic hydroxyl groups is 1. The van der Waals surface area contributed by atoms with E-state index in [1.165, 1.54) is 0 Å². The van der Waals surface area contributed by atoms with Crippen LogP contribution in [0.5, 0.6) is 0 Å². The van der Waals surface area contributed by atoms with Crippen molar-refractivity contribution in [2.24, 2.45) is 0 Å². The average molecular weight is 488 g/mol. The van der Waals surface area contributed by atoms with E-state index in [0.29, 0.717) is 42.2 Å². The maximum absolute atomic E-state index is 12.9. The molecule has 1 aliphatic rings. The number of hydrogen-bond donors (Lipinski definition) is 2. The molecule has 1 aliphatic heterocycles. The molecule has 0 radical (unpaired) electrons. The monoisotopic (exact) mass is 487 g/mol. The molecule has 0 aliphatic carbocycles. The van der Waals surface area contributed by atoms with Crippen molar-refractivity contribution in [3.05, 3.63) is 101 Å². The predicted octanol–water partition coefficient (Wildman–Crippen LogP) is 4.97. The number of anilines is 2. The average Bonchev–Trinajstić information content (AvgIpc) is 3.27. The Balaban J connectivity index is 1.22. The fourth-order valence-electron chi connectivity index (χ4n) is 4.46.